The van der Waals surface area contributed by atoms with Gasteiger partial charge in [-0.1, -0.05) is 44.2 Å². The molecule has 14 heavy (non-hydrogen) atoms. The molecule has 0 fully saturated rings. The van der Waals surface area contributed by atoms with E-state index in [1.165, 1.54) is 5.56 Å². The van der Waals surface area contributed by atoms with Crippen LogP contribution in [0.5, 0.6) is 0 Å². The molecule has 1 unspecified atom stereocenters. The molecule has 76 valence electrons. The Kier molecular flexibility index (Phi) is 4.17. The second-order valence-electron chi connectivity index (χ2n) is 3.88. The van der Waals surface area contributed by atoms with Gasteiger partial charge in [-0.15, -0.1) is 0 Å². The van der Waals surface area contributed by atoms with Crippen LogP contribution in [0.4, 0.5) is 0 Å². The van der Waals surface area contributed by atoms with E-state index in [1.807, 2.05) is 30.3 Å². The van der Waals surface area contributed by atoms with Gasteiger partial charge in [-0.2, -0.15) is 0 Å². The van der Waals surface area contributed by atoms with Gasteiger partial charge >= 0.3 is 0 Å². The van der Waals surface area contributed by atoms with Gasteiger partial charge in [0.15, 0.2) is 0 Å². The molecule has 1 amide bonds. The van der Waals surface area contributed by atoms with Crippen molar-refractivity contribution in [1.29, 1.82) is 0 Å². The average Bonchev–Trinajstić information content (AvgIpc) is 2.18. The molecule has 0 radical (unpaired) electrons. The van der Waals surface area contributed by atoms with Crippen molar-refractivity contribution in [3.8, 4) is 0 Å². The van der Waals surface area contributed by atoms with E-state index in [0.717, 1.165) is 12.8 Å². The second-order valence-corrected chi connectivity index (χ2v) is 3.88. The van der Waals surface area contributed by atoms with Crippen molar-refractivity contribution in [2.75, 3.05) is 0 Å². The Bertz CT molecular complexity index is 269. The molecular weight excluding hydrogens is 174 g/mol. The average molecular weight is 191 g/mol. The van der Waals surface area contributed by atoms with Crippen LogP contribution in [0.3, 0.4) is 0 Å². The van der Waals surface area contributed by atoms with Crippen LogP contribution in [0, 0.1) is 5.92 Å². The smallest absolute Gasteiger partial charge is 0.207 e. The van der Waals surface area contributed by atoms with E-state index < -0.39 is 0 Å². The minimum absolute atomic E-state index is 0.147. The van der Waals surface area contributed by atoms with Gasteiger partial charge in [0.05, 0.1) is 6.04 Å². The maximum absolute atomic E-state index is 10.5. The zero-order valence-electron chi connectivity index (χ0n) is 8.73. The topological polar surface area (TPSA) is 29.1 Å². The van der Waals surface area contributed by atoms with Crippen molar-refractivity contribution in [2.24, 2.45) is 5.92 Å². The predicted octanol–water partition coefficient (Wildman–Crippen LogP) is 2.52. The third-order valence-corrected chi connectivity index (χ3v) is 2.18. The Labute approximate surface area is 85.3 Å². The number of carbonyl (C=O) groups excluding carboxylic acids is 1. The number of rotatable bonds is 5. The van der Waals surface area contributed by atoms with E-state index in [2.05, 4.69) is 19.2 Å². The van der Waals surface area contributed by atoms with Gasteiger partial charge in [-0.3, -0.25) is 4.79 Å². The third-order valence-electron chi connectivity index (χ3n) is 2.18. The first kappa shape index (κ1) is 10.8. The van der Waals surface area contributed by atoms with Gasteiger partial charge < -0.3 is 5.32 Å². The second kappa shape index (κ2) is 5.43. The molecule has 2 nitrogen and oxygen atoms in total. The van der Waals surface area contributed by atoms with E-state index >= 15 is 0 Å². The van der Waals surface area contributed by atoms with Crippen LogP contribution in [-0.4, -0.2) is 6.41 Å². The SMILES string of the molecule is CC(C)CC(NC=O)c1ccccc1. The highest BCUT2D eigenvalue weighted by atomic mass is 16.1. The van der Waals surface area contributed by atoms with Crippen LogP contribution in [0.2, 0.25) is 0 Å². The van der Waals surface area contributed by atoms with Gasteiger partial charge in [0.1, 0.15) is 0 Å². The summed E-state index contributed by atoms with van der Waals surface area (Å²) in [7, 11) is 0. The number of benzene rings is 1. The Balaban J connectivity index is 2.72. The highest BCUT2D eigenvalue weighted by molar-refractivity contribution is 5.47. The lowest BCUT2D eigenvalue weighted by Crippen LogP contribution is -2.20. The number of amides is 1. The number of carbonyl (C=O) groups is 1. The molecular formula is C12H17NO. The molecule has 1 atom stereocenters. The Hall–Kier alpha value is -1.31. The molecule has 1 aromatic rings. The number of hydrogen-bond acceptors (Lipinski definition) is 1. The van der Waals surface area contributed by atoms with Crippen LogP contribution in [0.15, 0.2) is 30.3 Å². The monoisotopic (exact) mass is 191 g/mol. The first-order valence-electron chi connectivity index (χ1n) is 4.98. The molecule has 0 saturated carbocycles. The summed E-state index contributed by atoms with van der Waals surface area (Å²) >= 11 is 0. The summed E-state index contributed by atoms with van der Waals surface area (Å²) in [4.78, 5) is 10.5. The van der Waals surface area contributed by atoms with Crippen LogP contribution in [0.1, 0.15) is 31.9 Å². The van der Waals surface area contributed by atoms with Crippen molar-refractivity contribution >= 4 is 6.41 Å². The molecule has 1 aromatic carbocycles. The summed E-state index contributed by atoms with van der Waals surface area (Å²) in [6.45, 7) is 4.31. The summed E-state index contributed by atoms with van der Waals surface area (Å²) in [6, 6.07) is 10.2. The quantitative estimate of drug-likeness (QED) is 0.712. The van der Waals surface area contributed by atoms with E-state index in [4.69, 9.17) is 0 Å². The van der Waals surface area contributed by atoms with E-state index in [9.17, 15) is 4.79 Å². The summed E-state index contributed by atoms with van der Waals surface area (Å²) in [5.41, 5.74) is 1.17. The van der Waals surface area contributed by atoms with Gasteiger partial charge in [-0.05, 0) is 17.9 Å². The van der Waals surface area contributed by atoms with Gasteiger partial charge in [0.25, 0.3) is 0 Å². The lowest BCUT2D eigenvalue weighted by molar-refractivity contribution is -0.110. The highest BCUT2D eigenvalue weighted by Crippen LogP contribution is 2.20. The van der Waals surface area contributed by atoms with Gasteiger partial charge in [0.2, 0.25) is 6.41 Å². The largest absolute Gasteiger partial charge is 0.352 e. The normalized spacial score (nSPS) is 12.5. The van der Waals surface area contributed by atoms with Crippen molar-refractivity contribution in [3.05, 3.63) is 35.9 Å². The molecule has 1 rings (SSSR count). The highest BCUT2D eigenvalue weighted by Gasteiger charge is 2.11. The summed E-state index contributed by atoms with van der Waals surface area (Å²) in [6.07, 6.45) is 1.75. The van der Waals surface area contributed by atoms with Crippen molar-refractivity contribution in [2.45, 2.75) is 26.3 Å². The van der Waals surface area contributed by atoms with Crippen molar-refractivity contribution in [1.82, 2.24) is 5.32 Å². The Morgan fingerprint density at radius 2 is 1.93 bits per heavy atom. The minimum Gasteiger partial charge on any atom is -0.352 e. The third kappa shape index (κ3) is 3.21. The van der Waals surface area contributed by atoms with Crippen LogP contribution < -0.4 is 5.32 Å². The lowest BCUT2D eigenvalue weighted by Gasteiger charge is -2.18. The van der Waals surface area contributed by atoms with Gasteiger partial charge in [0, 0.05) is 0 Å². The first-order valence-corrected chi connectivity index (χ1v) is 4.98. The first-order chi connectivity index (χ1) is 6.74. The summed E-state index contributed by atoms with van der Waals surface area (Å²) in [5.74, 6) is 0.577. The summed E-state index contributed by atoms with van der Waals surface area (Å²) in [5, 5.41) is 2.85. The molecule has 1 N–H and O–H groups in total. The van der Waals surface area contributed by atoms with Gasteiger partial charge in [-0.25, -0.2) is 0 Å². The molecule has 0 bridgehead atoms. The predicted molar refractivity (Wildman–Crippen MR) is 57.8 cm³/mol. The standard InChI is InChI=1S/C12H17NO/c1-10(2)8-12(13-9-14)11-6-4-3-5-7-11/h3-7,9-10,12H,8H2,1-2H3,(H,13,14). The molecule has 0 aromatic heterocycles. The molecule has 0 aliphatic rings. The lowest BCUT2D eigenvalue weighted by atomic mass is 9.97. The molecule has 0 heterocycles. The zero-order valence-corrected chi connectivity index (χ0v) is 8.73. The van der Waals surface area contributed by atoms with Crippen LogP contribution in [0.25, 0.3) is 0 Å². The van der Waals surface area contributed by atoms with Crippen molar-refractivity contribution in [3.63, 3.8) is 0 Å². The maximum atomic E-state index is 10.5. The van der Waals surface area contributed by atoms with E-state index in [-0.39, 0.29) is 6.04 Å². The molecule has 0 spiro atoms. The van der Waals surface area contributed by atoms with Crippen LogP contribution in [-0.2, 0) is 4.79 Å². The fourth-order valence-corrected chi connectivity index (χ4v) is 1.54. The number of nitrogens with one attached hydrogen (secondary N) is 1. The Morgan fingerprint density at radius 1 is 1.29 bits per heavy atom. The number of hydrogen-bond donors (Lipinski definition) is 1. The zero-order chi connectivity index (χ0) is 10.4. The fourth-order valence-electron chi connectivity index (χ4n) is 1.54. The summed E-state index contributed by atoms with van der Waals surface area (Å²) < 4.78 is 0. The van der Waals surface area contributed by atoms with Crippen LogP contribution >= 0.6 is 0 Å². The maximum Gasteiger partial charge on any atom is 0.207 e. The van der Waals surface area contributed by atoms with Crippen molar-refractivity contribution < 1.29 is 4.79 Å². The minimum atomic E-state index is 0.147. The van der Waals surface area contributed by atoms with E-state index in [0.29, 0.717) is 5.92 Å². The Morgan fingerprint density at radius 3 is 2.43 bits per heavy atom. The molecule has 0 aliphatic heterocycles. The molecule has 0 saturated heterocycles. The molecule has 0 aliphatic carbocycles. The fraction of sp³-hybridized carbons (Fsp3) is 0.417. The molecule has 2 heteroatoms. The van der Waals surface area contributed by atoms with E-state index in [1.54, 1.807) is 0 Å².